The van der Waals surface area contributed by atoms with Gasteiger partial charge < -0.3 is 17.7 Å². The number of nitrogens with zero attached hydrogens (tertiary/aromatic N) is 8. The van der Waals surface area contributed by atoms with Gasteiger partial charge in [-0.2, -0.15) is 0 Å². The van der Waals surface area contributed by atoms with Crippen molar-refractivity contribution in [2.45, 2.75) is 101 Å². The Morgan fingerprint density at radius 3 is 1.08 bits per heavy atom. The SMILES string of the molecule is Cc1ccc2c(n1)oc1c(-c3cc(C(C)C)cc[n+]3C)c(C)ccc12.Cc1ccc2c(n1)oc1c(-c3cccc[n+]3C)c(C)ccc12.[2H]C(C)(C)c1cc[n+](C)c(-c2c(C)ccc3c2oc2ncccc23)c1.[2H]C([2H])([2H])C([2H])(C)c1cc[n+](C)c(-c2c(C)ccc3c2oc2ncccc23)c1. The monoisotopic (exact) mass is 1260 g/mol. The number of pyridine rings is 8. The van der Waals surface area contributed by atoms with Gasteiger partial charge in [-0.05, 0) is 153 Å². The highest BCUT2D eigenvalue weighted by Crippen LogP contribution is 2.41. The molecule has 16 aromatic rings. The highest BCUT2D eigenvalue weighted by Gasteiger charge is 2.26. The number of fused-ring (bicyclic) bond motifs is 12. The minimum atomic E-state index is -2.44. The zero-order valence-corrected chi connectivity index (χ0v) is 56.7. The van der Waals surface area contributed by atoms with E-state index in [1.165, 1.54) is 29.3 Å². The molecule has 0 N–H and O–H groups in total. The number of benzene rings is 4. The number of hydrogen-bond acceptors (Lipinski definition) is 8. The maximum Gasteiger partial charge on any atom is 0.227 e. The first-order valence-electron chi connectivity index (χ1n) is 34.7. The van der Waals surface area contributed by atoms with Crippen LogP contribution in [0.1, 0.15) is 116 Å². The fourth-order valence-corrected chi connectivity index (χ4v) is 12.8. The van der Waals surface area contributed by atoms with Crippen molar-refractivity contribution in [3.8, 4) is 45.0 Å². The van der Waals surface area contributed by atoms with Crippen LogP contribution in [-0.4, -0.2) is 19.9 Å². The quantitative estimate of drug-likeness (QED) is 0.145. The van der Waals surface area contributed by atoms with E-state index in [0.717, 1.165) is 127 Å². The first kappa shape index (κ1) is 57.0. The Kier molecular flexibility index (Phi) is 15.4. The van der Waals surface area contributed by atoms with Crippen molar-refractivity contribution >= 4 is 88.3 Å². The Hall–Kier alpha value is -10.7. The highest BCUT2D eigenvalue weighted by molar-refractivity contribution is 6.12. The zero-order valence-electron chi connectivity index (χ0n) is 61.7. The van der Waals surface area contributed by atoms with Crippen LogP contribution in [0.15, 0.2) is 207 Å². The molecule has 0 saturated carbocycles. The summed E-state index contributed by atoms with van der Waals surface area (Å²) in [5.74, 6) is -1.88. The third-order valence-electron chi connectivity index (χ3n) is 18.2. The summed E-state index contributed by atoms with van der Waals surface area (Å²) in [6, 6.07) is 51.2. The smallest absolute Gasteiger partial charge is 0.227 e. The molecule has 474 valence electrons. The molecule has 1 atom stereocenters. The van der Waals surface area contributed by atoms with Crippen LogP contribution < -0.4 is 18.3 Å². The molecular weight excluding hydrogens is 1170 g/mol. The summed E-state index contributed by atoms with van der Waals surface area (Å²) in [6.07, 6.45) is 11.4. The maximum absolute atomic E-state index is 8.45. The molecule has 95 heavy (non-hydrogen) atoms. The van der Waals surface area contributed by atoms with Gasteiger partial charge in [0.25, 0.3) is 0 Å². The fourth-order valence-electron chi connectivity index (χ4n) is 12.8. The van der Waals surface area contributed by atoms with E-state index in [1.54, 1.807) is 30.7 Å². The highest BCUT2D eigenvalue weighted by atomic mass is 16.4. The fraction of sp³-hybridized carbons (Fsp3) is 0.229. The van der Waals surface area contributed by atoms with Crippen molar-refractivity contribution in [3.05, 3.63) is 239 Å². The summed E-state index contributed by atoms with van der Waals surface area (Å²) >= 11 is 0. The molecule has 12 heterocycles. The average molecular weight is 1260 g/mol. The zero-order chi connectivity index (χ0) is 71.0. The van der Waals surface area contributed by atoms with Crippen LogP contribution in [0.4, 0.5) is 0 Å². The van der Waals surface area contributed by atoms with Crippen molar-refractivity contribution < 1.29 is 42.8 Å². The third-order valence-corrected chi connectivity index (χ3v) is 18.2. The average Bonchev–Trinajstić information content (AvgIpc) is 1.57. The molecule has 0 radical (unpaired) electrons. The summed E-state index contributed by atoms with van der Waals surface area (Å²) < 4.78 is 72.9. The van der Waals surface area contributed by atoms with Gasteiger partial charge in [0, 0.05) is 122 Å². The first-order valence-corrected chi connectivity index (χ1v) is 32.2. The van der Waals surface area contributed by atoms with Crippen molar-refractivity contribution in [2.24, 2.45) is 28.2 Å². The van der Waals surface area contributed by atoms with Crippen LogP contribution in [0.2, 0.25) is 0 Å². The molecule has 0 amide bonds. The molecule has 0 aliphatic rings. The Bertz CT molecular complexity index is 5870. The van der Waals surface area contributed by atoms with Gasteiger partial charge in [-0.25, -0.2) is 38.2 Å². The van der Waals surface area contributed by atoms with E-state index in [-0.39, 0.29) is 0 Å². The van der Waals surface area contributed by atoms with E-state index < -0.39 is 18.6 Å². The molecule has 0 fully saturated rings. The lowest BCUT2D eigenvalue weighted by molar-refractivity contribution is -0.660. The molecule has 0 bridgehead atoms. The Balaban J connectivity index is 0.000000120. The summed E-state index contributed by atoms with van der Waals surface area (Å²) in [5.41, 5.74) is 23.6. The van der Waals surface area contributed by atoms with E-state index in [1.807, 2.05) is 120 Å². The molecule has 0 saturated heterocycles. The molecule has 1 unspecified atom stereocenters. The Morgan fingerprint density at radius 1 is 0.347 bits per heavy atom. The van der Waals surface area contributed by atoms with Gasteiger partial charge in [-0.3, -0.25) is 0 Å². The first-order chi connectivity index (χ1) is 47.6. The predicted molar refractivity (Wildman–Crippen MR) is 383 cm³/mol. The van der Waals surface area contributed by atoms with E-state index >= 15 is 0 Å². The lowest BCUT2D eigenvalue weighted by Crippen LogP contribution is -2.31. The number of aromatic nitrogens is 8. The topological polar surface area (TPSA) is 120 Å². The van der Waals surface area contributed by atoms with E-state index in [0.29, 0.717) is 39.9 Å². The largest absolute Gasteiger partial charge is 0.437 e. The van der Waals surface area contributed by atoms with Crippen molar-refractivity contribution in [2.75, 3.05) is 0 Å². The van der Waals surface area contributed by atoms with Crippen molar-refractivity contribution in [3.63, 3.8) is 0 Å². The predicted octanol–water partition coefficient (Wildman–Crippen LogP) is 19.1. The van der Waals surface area contributed by atoms with Crippen LogP contribution in [0.5, 0.6) is 0 Å². The molecule has 12 aromatic heterocycles. The van der Waals surface area contributed by atoms with Crippen LogP contribution in [0, 0.1) is 41.5 Å². The van der Waals surface area contributed by atoms with Crippen LogP contribution >= 0.6 is 0 Å². The molecule has 0 spiro atoms. The van der Waals surface area contributed by atoms with Crippen LogP contribution in [-0.2, 0) is 28.2 Å². The molecular formula is C83H82N8O4+4. The Labute approximate surface area is 561 Å². The molecule has 12 nitrogen and oxygen atoms in total. The minimum absolute atomic E-state index is 0.436. The van der Waals surface area contributed by atoms with Crippen molar-refractivity contribution in [1.82, 2.24) is 19.9 Å². The third kappa shape index (κ3) is 11.9. The second-order valence-corrected chi connectivity index (χ2v) is 25.5. The maximum atomic E-state index is 8.45. The van der Waals surface area contributed by atoms with Gasteiger partial charge in [0.15, 0.2) is 47.1 Å². The number of rotatable bonds is 7. The summed E-state index contributed by atoms with van der Waals surface area (Å²) in [4.78, 5) is 17.8. The van der Waals surface area contributed by atoms with Gasteiger partial charge in [0.05, 0.1) is 22.3 Å². The lowest BCUT2D eigenvalue weighted by Gasteiger charge is -2.09. The second kappa shape index (κ2) is 25.6. The van der Waals surface area contributed by atoms with Gasteiger partial charge in [0.1, 0.15) is 28.2 Å². The summed E-state index contributed by atoms with van der Waals surface area (Å²) in [5, 5.41) is 8.37. The lowest BCUT2D eigenvalue weighted by atomic mass is 9.97. The molecule has 16 rings (SSSR count). The number of aryl methyl sites for hydroxylation is 10. The second-order valence-electron chi connectivity index (χ2n) is 25.5. The van der Waals surface area contributed by atoms with Gasteiger partial charge in [-0.1, -0.05) is 90.0 Å². The molecule has 0 aliphatic heterocycles. The Morgan fingerprint density at radius 2 is 0.695 bits per heavy atom. The number of furan rings is 4. The summed E-state index contributed by atoms with van der Waals surface area (Å²) in [7, 11) is 8.06. The molecule has 4 aromatic carbocycles. The van der Waals surface area contributed by atoms with E-state index in [2.05, 4.69) is 174 Å². The normalized spacial score (nSPS) is 13.3. The van der Waals surface area contributed by atoms with Crippen LogP contribution in [0.25, 0.3) is 133 Å². The van der Waals surface area contributed by atoms with Crippen molar-refractivity contribution in [1.29, 1.82) is 0 Å². The van der Waals surface area contributed by atoms with E-state index in [4.69, 9.17) is 24.5 Å². The van der Waals surface area contributed by atoms with Gasteiger partial charge in [-0.15, -0.1) is 0 Å². The van der Waals surface area contributed by atoms with Crippen LogP contribution in [0.3, 0.4) is 0 Å². The van der Waals surface area contributed by atoms with Gasteiger partial charge in [0.2, 0.25) is 45.6 Å². The summed E-state index contributed by atoms with van der Waals surface area (Å²) in [6.45, 7) is 19.6. The standard InChI is InChI=1S/C22H23N2O.2C21H21N2O.C19H17N2O/c1-13(2)16-10-11-24(5)19(12-16)20-14(3)6-8-17-18-9-7-15(4)23-22(18)25-21(17)20;2*1-13(2)15-9-11-23(4)18(12-15)19-14(3)7-8-16-17-6-5-10-22-21(17)24-20(16)19;1-12-7-9-14-15-10-8-13(2)20-19(15)22-18(14)17(12)16-6-4-5-11-21(16)3/h6-13H,1-5H3;2*5-13H,1-4H3;4-11H,1-3H3/q4*+1/i;1D3,13D;13D;. The molecule has 12 heteroatoms. The molecule has 0 aliphatic carbocycles. The number of hydrogen-bond donors (Lipinski definition) is 0. The van der Waals surface area contributed by atoms with E-state index in [9.17, 15) is 0 Å². The van der Waals surface area contributed by atoms with Gasteiger partial charge >= 0.3 is 0 Å². The minimum Gasteiger partial charge on any atom is -0.437 e.